The lowest BCUT2D eigenvalue weighted by Gasteiger charge is -2.03. The number of hydrazone groups is 1. The Morgan fingerprint density at radius 2 is 1.91 bits per heavy atom. The number of fused-ring (bicyclic) bond motifs is 1. The second-order valence-corrected chi connectivity index (χ2v) is 4.87. The molecule has 0 saturated heterocycles. The third-order valence-electron chi connectivity index (χ3n) is 3.21. The smallest absolute Gasteiger partial charge is 0.329 e. The Morgan fingerprint density at radius 1 is 1.13 bits per heavy atom. The van der Waals surface area contributed by atoms with E-state index in [2.05, 4.69) is 15.8 Å². The maximum absolute atomic E-state index is 11.6. The van der Waals surface area contributed by atoms with Crippen molar-refractivity contribution in [1.82, 2.24) is 10.7 Å². The molecule has 120 valence electrons. The molecule has 0 fully saturated rings. The van der Waals surface area contributed by atoms with Crippen molar-refractivity contribution in [2.24, 2.45) is 5.10 Å². The molecule has 23 heavy (non-hydrogen) atoms. The van der Waals surface area contributed by atoms with Gasteiger partial charge in [-0.2, -0.15) is 5.10 Å². The van der Waals surface area contributed by atoms with Crippen LogP contribution in [0.15, 0.2) is 47.6 Å². The molecule has 6 nitrogen and oxygen atoms in total. The highest BCUT2D eigenvalue weighted by Gasteiger charge is 2.11. The van der Waals surface area contributed by atoms with Crippen LogP contribution in [0.25, 0.3) is 10.8 Å². The number of nitrogens with one attached hydrogen (secondary N) is 2. The second kappa shape index (κ2) is 8.65. The number of amides is 2. The molecule has 0 aliphatic heterocycles. The molecule has 0 saturated carbocycles. The Balaban J connectivity index is 1.90. The first-order valence-corrected chi connectivity index (χ1v) is 7.30. The molecule has 2 aromatic carbocycles. The summed E-state index contributed by atoms with van der Waals surface area (Å²) in [6.07, 6.45) is 2.17. The van der Waals surface area contributed by atoms with Gasteiger partial charge in [0.1, 0.15) is 0 Å². The van der Waals surface area contributed by atoms with Crippen molar-refractivity contribution in [2.45, 2.75) is 6.42 Å². The fourth-order valence-electron chi connectivity index (χ4n) is 2.07. The van der Waals surface area contributed by atoms with Crippen molar-refractivity contribution in [2.75, 3.05) is 20.3 Å². The Morgan fingerprint density at radius 3 is 2.74 bits per heavy atom. The number of hydrogen-bond donors (Lipinski definition) is 2. The quantitative estimate of drug-likeness (QED) is 0.366. The molecule has 0 atom stereocenters. The molecule has 0 radical (unpaired) electrons. The summed E-state index contributed by atoms with van der Waals surface area (Å²) in [5.41, 5.74) is 3.09. The molecule has 2 aromatic rings. The largest absolute Gasteiger partial charge is 0.385 e. The van der Waals surface area contributed by atoms with Gasteiger partial charge in [0.2, 0.25) is 0 Å². The maximum Gasteiger partial charge on any atom is 0.329 e. The van der Waals surface area contributed by atoms with Crippen molar-refractivity contribution in [1.29, 1.82) is 0 Å². The summed E-state index contributed by atoms with van der Waals surface area (Å²) >= 11 is 0. The molecule has 6 heteroatoms. The van der Waals surface area contributed by atoms with Crippen LogP contribution in [0.2, 0.25) is 0 Å². The lowest BCUT2D eigenvalue weighted by molar-refractivity contribution is -0.139. The van der Waals surface area contributed by atoms with E-state index in [9.17, 15) is 9.59 Å². The van der Waals surface area contributed by atoms with E-state index >= 15 is 0 Å². The summed E-state index contributed by atoms with van der Waals surface area (Å²) in [5.74, 6) is -1.50. The Bertz CT molecular complexity index is 708. The molecule has 0 aliphatic rings. The first-order valence-electron chi connectivity index (χ1n) is 7.30. The number of hydrogen-bond acceptors (Lipinski definition) is 4. The second-order valence-electron chi connectivity index (χ2n) is 4.87. The lowest BCUT2D eigenvalue weighted by Crippen LogP contribution is -2.38. The van der Waals surface area contributed by atoms with Gasteiger partial charge in [-0.25, -0.2) is 5.43 Å². The molecule has 0 aliphatic carbocycles. The number of ether oxygens (including phenoxy) is 1. The van der Waals surface area contributed by atoms with Crippen LogP contribution in [-0.2, 0) is 14.3 Å². The van der Waals surface area contributed by atoms with E-state index in [-0.39, 0.29) is 0 Å². The molecule has 2 amide bonds. The zero-order valence-electron chi connectivity index (χ0n) is 12.9. The van der Waals surface area contributed by atoms with Gasteiger partial charge in [0.25, 0.3) is 0 Å². The number of carbonyl (C=O) groups excluding carboxylic acids is 2. The van der Waals surface area contributed by atoms with Gasteiger partial charge in [-0.05, 0) is 17.2 Å². The highest BCUT2D eigenvalue weighted by atomic mass is 16.5. The molecular weight excluding hydrogens is 294 g/mol. The minimum atomic E-state index is -0.793. The molecule has 0 spiro atoms. The molecule has 0 aromatic heterocycles. The van der Waals surface area contributed by atoms with E-state index < -0.39 is 11.8 Å². The fourth-order valence-corrected chi connectivity index (χ4v) is 2.07. The van der Waals surface area contributed by atoms with Crippen molar-refractivity contribution in [3.63, 3.8) is 0 Å². The first kappa shape index (κ1) is 16.6. The molecule has 0 heterocycles. The Labute approximate surface area is 134 Å². The highest BCUT2D eigenvalue weighted by molar-refractivity contribution is 6.35. The predicted octanol–water partition coefficient (Wildman–Crippen LogP) is 1.44. The Hall–Kier alpha value is -2.73. The number of rotatable bonds is 6. The normalized spacial score (nSPS) is 10.8. The third-order valence-corrected chi connectivity index (χ3v) is 3.21. The zero-order valence-corrected chi connectivity index (χ0v) is 12.9. The van der Waals surface area contributed by atoms with Crippen LogP contribution in [0.3, 0.4) is 0 Å². The zero-order chi connectivity index (χ0) is 16.5. The van der Waals surface area contributed by atoms with Gasteiger partial charge in [-0.15, -0.1) is 0 Å². The number of methoxy groups -OCH3 is 1. The summed E-state index contributed by atoms with van der Waals surface area (Å²) in [6, 6.07) is 13.7. The van der Waals surface area contributed by atoms with Crippen molar-refractivity contribution in [3.8, 4) is 0 Å². The molecule has 2 rings (SSSR count). The van der Waals surface area contributed by atoms with Crippen LogP contribution in [0.4, 0.5) is 0 Å². The molecule has 0 bridgehead atoms. The summed E-state index contributed by atoms with van der Waals surface area (Å²) in [5, 5.41) is 8.44. The van der Waals surface area contributed by atoms with E-state index in [0.717, 1.165) is 16.3 Å². The van der Waals surface area contributed by atoms with Gasteiger partial charge < -0.3 is 10.1 Å². The summed E-state index contributed by atoms with van der Waals surface area (Å²) in [6.45, 7) is 0.911. The number of carbonyl (C=O) groups is 2. The van der Waals surface area contributed by atoms with Crippen LogP contribution < -0.4 is 10.7 Å². The van der Waals surface area contributed by atoms with Gasteiger partial charge in [-0.3, -0.25) is 9.59 Å². The van der Waals surface area contributed by atoms with Gasteiger partial charge in [0.15, 0.2) is 0 Å². The summed E-state index contributed by atoms with van der Waals surface area (Å²) < 4.78 is 4.86. The summed E-state index contributed by atoms with van der Waals surface area (Å²) in [7, 11) is 1.58. The average Bonchev–Trinajstić information content (AvgIpc) is 2.58. The number of nitrogens with zero attached hydrogens (tertiary/aromatic N) is 1. The molecular formula is C17H19N3O3. The van der Waals surface area contributed by atoms with Gasteiger partial charge in [0, 0.05) is 25.8 Å². The molecule has 2 N–H and O–H groups in total. The fraction of sp³-hybridized carbons (Fsp3) is 0.235. The van der Waals surface area contributed by atoms with Crippen LogP contribution in [0.1, 0.15) is 12.0 Å². The van der Waals surface area contributed by atoms with Crippen molar-refractivity contribution in [3.05, 3.63) is 48.0 Å². The number of benzene rings is 2. The monoisotopic (exact) mass is 313 g/mol. The summed E-state index contributed by atoms with van der Waals surface area (Å²) in [4.78, 5) is 23.1. The Kier molecular flexibility index (Phi) is 6.26. The molecule has 0 unspecified atom stereocenters. The van der Waals surface area contributed by atoms with Gasteiger partial charge >= 0.3 is 11.8 Å². The average molecular weight is 313 g/mol. The maximum atomic E-state index is 11.6. The van der Waals surface area contributed by atoms with Crippen LogP contribution in [0, 0.1) is 0 Å². The lowest BCUT2D eigenvalue weighted by atomic mass is 10.1. The van der Waals surface area contributed by atoms with Crippen LogP contribution in [-0.4, -0.2) is 38.3 Å². The standard InChI is InChI=1S/C17H19N3O3/c1-23-11-5-10-18-16(21)17(22)20-19-12-14-8-4-7-13-6-2-3-9-15(13)14/h2-4,6-9,12H,5,10-11H2,1H3,(H,18,21)(H,20,22)/b19-12-. The van der Waals surface area contributed by atoms with E-state index in [1.807, 2.05) is 42.5 Å². The SMILES string of the molecule is COCCCNC(=O)C(=O)N/N=C\c1cccc2ccccc12. The van der Waals surface area contributed by atoms with E-state index in [1.165, 1.54) is 6.21 Å². The third kappa shape index (κ3) is 4.89. The van der Waals surface area contributed by atoms with Crippen LogP contribution in [0.5, 0.6) is 0 Å². The van der Waals surface area contributed by atoms with E-state index in [0.29, 0.717) is 19.6 Å². The first-order chi connectivity index (χ1) is 11.2. The van der Waals surface area contributed by atoms with Gasteiger partial charge in [-0.1, -0.05) is 42.5 Å². The van der Waals surface area contributed by atoms with Crippen molar-refractivity contribution >= 4 is 28.8 Å². The highest BCUT2D eigenvalue weighted by Crippen LogP contribution is 2.16. The predicted molar refractivity (Wildman–Crippen MR) is 89.2 cm³/mol. The minimum absolute atomic E-state index is 0.382. The van der Waals surface area contributed by atoms with Crippen LogP contribution >= 0.6 is 0 Å². The minimum Gasteiger partial charge on any atom is -0.385 e. The topological polar surface area (TPSA) is 79.8 Å². The van der Waals surface area contributed by atoms with Crippen molar-refractivity contribution < 1.29 is 14.3 Å². The van der Waals surface area contributed by atoms with E-state index in [1.54, 1.807) is 7.11 Å². The van der Waals surface area contributed by atoms with E-state index in [4.69, 9.17) is 4.74 Å². The van der Waals surface area contributed by atoms with Gasteiger partial charge in [0.05, 0.1) is 6.21 Å².